The van der Waals surface area contributed by atoms with E-state index in [9.17, 15) is 14.7 Å². The number of hydrogen-bond acceptors (Lipinski definition) is 3. The van der Waals surface area contributed by atoms with Crippen LogP contribution in [-0.4, -0.2) is 14.7 Å². The predicted molar refractivity (Wildman–Crippen MR) is 66.7 cm³/mol. The van der Waals surface area contributed by atoms with E-state index in [0.29, 0.717) is 18.4 Å². The number of aromatic amines is 1. The maximum atomic E-state index is 11.8. The Morgan fingerprint density at radius 2 is 2.11 bits per heavy atom. The fraction of sp³-hybridized carbons (Fsp3) is 0.692. The van der Waals surface area contributed by atoms with Crippen LogP contribution in [0.5, 0.6) is 5.88 Å². The van der Waals surface area contributed by atoms with E-state index >= 15 is 0 Å². The van der Waals surface area contributed by atoms with E-state index in [2.05, 4.69) is 4.98 Å². The molecule has 98 valence electrons. The van der Waals surface area contributed by atoms with Gasteiger partial charge in [-0.05, 0) is 43.9 Å². The van der Waals surface area contributed by atoms with Gasteiger partial charge in [0, 0.05) is 6.54 Å². The van der Waals surface area contributed by atoms with Crippen molar-refractivity contribution in [3.63, 3.8) is 0 Å². The van der Waals surface area contributed by atoms with Crippen molar-refractivity contribution in [3.05, 3.63) is 26.4 Å². The van der Waals surface area contributed by atoms with Gasteiger partial charge >= 0.3 is 5.69 Å². The lowest BCUT2D eigenvalue weighted by Gasteiger charge is -2.22. The Morgan fingerprint density at radius 1 is 1.33 bits per heavy atom. The van der Waals surface area contributed by atoms with E-state index < -0.39 is 11.2 Å². The van der Waals surface area contributed by atoms with Gasteiger partial charge in [-0.2, -0.15) is 0 Å². The molecule has 3 rings (SSSR count). The predicted octanol–water partition coefficient (Wildman–Crippen LogP) is 0.987. The van der Waals surface area contributed by atoms with Crippen LogP contribution in [0.1, 0.15) is 31.2 Å². The molecule has 2 N–H and O–H groups in total. The highest BCUT2D eigenvalue weighted by molar-refractivity contribution is 5.20. The number of aromatic nitrogens is 2. The number of nitrogens with one attached hydrogen (secondary N) is 1. The van der Waals surface area contributed by atoms with Gasteiger partial charge in [0.05, 0.1) is 5.56 Å². The normalized spacial score (nSPS) is 29.9. The molecule has 5 heteroatoms. The summed E-state index contributed by atoms with van der Waals surface area (Å²) in [4.78, 5) is 25.4. The smallest absolute Gasteiger partial charge is 0.331 e. The van der Waals surface area contributed by atoms with Gasteiger partial charge in [0.25, 0.3) is 5.56 Å². The first kappa shape index (κ1) is 11.6. The standard InChI is InChI=1S/C13H18N2O3/c1-7-11(16)14-13(18)15(12(7)17)6-10-5-8-2-3-9(10)4-8/h8-10,17H,2-6H2,1H3,(H,14,16,18). The average Bonchev–Trinajstić information content (AvgIpc) is 2.94. The minimum Gasteiger partial charge on any atom is -0.494 e. The van der Waals surface area contributed by atoms with Crippen molar-refractivity contribution in [2.45, 2.75) is 39.2 Å². The maximum Gasteiger partial charge on any atom is 0.331 e. The number of aromatic hydroxyl groups is 1. The molecule has 3 atom stereocenters. The summed E-state index contributed by atoms with van der Waals surface area (Å²) < 4.78 is 1.32. The molecule has 0 spiro atoms. The molecule has 1 aromatic heterocycles. The zero-order valence-corrected chi connectivity index (χ0v) is 10.5. The van der Waals surface area contributed by atoms with E-state index in [-0.39, 0.29) is 11.4 Å². The number of rotatable bonds is 2. The Kier molecular flexibility index (Phi) is 2.57. The van der Waals surface area contributed by atoms with Crippen molar-refractivity contribution in [3.8, 4) is 5.88 Å². The van der Waals surface area contributed by atoms with Gasteiger partial charge in [-0.3, -0.25) is 14.3 Å². The van der Waals surface area contributed by atoms with Gasteiger partial charge in [-0.1, -0.05) is 6.42 Å². The minimum atomic E-state index is -0.498. The van der Waals surface area contributed by atoms with Crippen LogP contribution >= 0.6 is 0 Å². The Morgan fingerprint density at radius 3 is 2.72 bits per heavy atom. The lowest BCUT2D eigenvalue weighted by atomic mass is 9.89. The van der Waals surface area contributed by atoms with E-state index in [4.69, 9.17) is 0 Å². The van der Waals surface area contributed by atoms with Gasteiger partial charge in [0.1, 0.15) is 0 Å². The van der Waals surface area contributed by atoms with Crippen molar-refractivity contribution < 1.29 is 5.11 Å². The Hall–Kier alpha value is -1.52. The molecular formula is C13H18N2O3. The Bertz CT molecular complexity index is 587. The molecule has 0 saturated heterocycles. The summed E-state index contributed by atoms with van der Waals surface area (Å²) in [5.41, 5.74) is -0.773. The fourth-order valence-electron chi connectivity index (χ4n) is 3.66. The van der Waals surface area contributed by atoms with Crippen LogP contribution in [-0.2, 0) is 6.54 Å². The van der Waals surface area contributed by atoms with E-state index in [0.717, 1.165) is 12.3 Å². The van der Waals surface area contributed by atoms with Crippen LogP contribution in [0.3, 0.4) is 0 Å². The molecule has 2 aliphatic rings. The van der Waals surface area contributed by atoms with Crippen molar-refractivity contribution in [2.75, 3.05) is 0 Å². The monoisotopic (exact) mass is 250 g/mol. The zero-order valence-electron chi connectivity index (χ0n) is 10.5. The maximum absolute atomic E-state index is 11.8. The molecule has 0 radical (unpaired) electrons. The first-order chi connectivity index (χ1) is 8.56. The van der Waals surface area contributed by atoms with Gasteiger partial charge in [-0.25, -0.2) is 4.79 Å². The molecule has 2 bridgehead atoms. The third-order valence-electron chi connectivity index (χ3n) is 4.70. The van der Waals surface area contributed by atoms with E-state index in [1.54, 1.807) is 0 Å². The van der Waals surface area contributed by atoms with Gasteiger partial charge < -0.3 is 5.11 Å². The summed E-state index contributed by atoms with van der Waals surface area (Å²) in [5, 5.41) is 9.93. The Labute approximate surface area is 104 Å². The number of nitrogens with zero attached hydrogens (tertiary/aromatic N) is 1. The second-order valence-electron chi connectivity index (χ2n) is 5.75. The van der Waals surface area contributed by atoms with Crippen LogP contribution in [0.2, 0.25) is 0 Å². The van der Waals surface area contributed by atoms with Crippen LogP contribution in [0.25, 0.3) is 0 Å². The summed E-state index contributed by atoms with van der Waals surface area (Å²) in [6, 6.07) is 0. The highest BCUT2D eigenvalue weighted by Crippen LogP contribution is 2.48. The third kappa shape index (κ3) is 1.69. The largest absolute Gasteiger partial charge is 0.494 e. The molecule has 0 aliphatic heterocycles. The molecule has 2 fully saturated rings. The zero-order chi connectivity index (χ0) is 12.9. The number of hydrogen-bond donors (Lipinski definition) is 2. The van der Waals surface area contributed by atoms with Crippen molar-refractivity contribution in [2.24, 2.45) is 17.8 Å². The van der Waals surface area contributed by atoms with Crippen molar-refractivity contribution in [1.82, 2.24) is 9.55 Å². The molecule has 2 saturated carbocycles. The SMILES string of the molecule is Cc1c(O)n(CC2CC3CCC2C3)c(=O)[nH]c1=O. The molecule has 1 aromatic rings. The molecular weight excluding hydrogens is 232 g/mol. The van der Waals surface area contributed by atoms with Crippen LogP contribution < -0.4 is 11.2 Å². The summed E-state index contributed by atoms with van der Waals surface area (Å²) in [5.74, 6) is 1.79. The molecule has 5 nitrogen and oxygen atoms in total. The fourth-order valence-corrected chi connectivity index (χ4v) is 3.66. The number of fused-ring (bicyclic) bond motifs is 2. The molecule has 18 heavy (non-hydrogen) atoms. The first-order valence-electron chi connectivity index (χ1n) is 6.59. The lowest BCUT2D eigenvalue weighted by Crippen LogP contribution is -2.34. The summed E-state index contributed by atoms with van der Waals surface area (Å²) in [6.07, 6.45) is 4.97. The van der Waals surface area contributed by atoms with Crippen molar-refractivity contribution in [1.29, 1.82) is 0 Å². The van der Waals surface area contributed by atoms with Crippen molar-refractivity contribution >= 4 is 0 Å². The molecule has 0 aromatic carbocycles. The van der Waals surface area contributed by atoms with E-state index in [1.165, 1.54) is 30.8 Å². The van der Waals surface area contributed by atoms with Gasteiger partial charge in [0.2, 0.25) is 5.88 Å². The number of H-pyrrole nitrogens is 1. The topological polar surface area (TPSA) is 75.1 Å². The molecule has 3 unspecified atom stereocenters. The first-order valence-corrected chi connectivity index (χ1v) is 6.59. The summed E-state index contributed by atoms with van der Waals surface area (Å²) in [6.45, 7) is 2.06. The lowest BCUT2D eigenvalue weighted by molar-refractivity contribution is 0.273. The second-order valence-corrected chi connectivity index (χ2v) is 5.75. The van der Waals surface area contributed by atoms with Gasteiger partial charge in [0.15, 0.2) is 0 Å². The minimum absolute atomic E-state index is 0.175. The quantitative estimate of drug-likeness (QED) is 0.821. The molecule has 2 aliphatic carbocycles. The highest BCUT2D eigenvalue weighted by Gasteiger charge is 2.39. The van der Waals surface area contributed by atoms with Crippen LogP contribution in [0, 0.1) is 24.7 Å². The van der Waals surface area contributed by atoms with Crippen LogP contribution in [0.15, 0.2) is 9.59 Å². The Balaban J connectivity index is 1.92. The average molecular weight is 250 g/mol. The second kappa shape index (κ2) is 4.00. The van der Waals surface area contributed by atoms with E-state index in [1.807, 2.05) is 0 Å². The van der Waals surface area contributed by atoms with Gasteiger partial charge in [-0.15, -0.1) is 0 Å². The molecule has 0 amide bonds. The summed E-state index contributed by atoms with van der Waals surface area (Å²) >= 11 is 0. The summed E-state index contributed by atoms with van der Waals surface area (Å²) in [7, 11) is 0. The third-order valence-corrected chi connectivity index (χ3v) is 4.70. The molecule has 1 heterocycles. The van der Waals surface area contributed by atoms with Crippen LogP contribution in [0.4, 0.5) is 0 Å². The highest BCUT2D eigenvalue weighted by atomic mass is 16.3.